The lowest BCUT2D eigenvalue weighted by atomic mass is 10.1. The predicted molar refractivity (Wildman–Crippen MR) is 109 cm³/mol. The molecule has 0 aliphatic carbocycles. The Balaban J connectivity index is 1.64. The zero-order valence-corrected chi connectivity index (χ0v) is 16.2. The fourth-order valence-electron chi connectivity index (χ4n) is 2.27. The van der Waals surface area contributed by atoms with Crippen LogP contribution < -0.4 is 5.32 Å². The number of anilines is 1. The largest absolute Gasteiger partial charge is 0.325 e. The molecule has 0 spiro atoms. The highest BCUT2D eigenvalue weighted by Gasteiger charge is 2.33. The Morgan fingerprint density at radius 2 is 1.96 bits per heavy atom. The standard InChI is InChI=1S/C18H14N2O3S3/c1-11(21)12-4-6-13(7-5-12)19-16(22)10-20-17(23)15(26-18(20)24)9-14-3-2-8-25-14/h2-9H,10H2,1H3,(H,19,22). The number of rotatable bonds is 5. The molecule has 1 aliphatic rings. The van der Waals surface area contributed by atoms with E-state index in [1.54, 1.807) is 30.3 Å². The van der Waals surface area contributed by atoms with E-state index in [0.717, 1.165) is 4.88 Å². The third-order valence-corrected chi connectivity index (χ3v) is 5.76. The molecule has 1 aliphatic heterocycles. The van der Waals surface area contributed by atoms with Gasteiger partial charge in [-0.05, 0) is 48.7 Å². The Bertz CT molecular complexity index is 902. The van der Waals surface area contributed by atoms with Crippen LogP contribution in [0.1, 0.15) is 22.2 Å². The summed E-state index contributed by atoms with van der Waals surface area (Å²) in [6, 6.07) is 10.4. The van der Waals surface area contributed by atoms with E-state index in [1.807, 2.05) is 17.5 Å². The normalized spacial score (nSPS) is 15.6. The summed E-state index contributed by atoms with van der Waals surface area (Å²) in [6.45, 7) is 1.33. The Kier molecular flexibility index (Phi) is 5.65. The van der Waals surface area contributed by atoms with Gasteiger partial charge in [0.1, 0.15) is 10.9 Å². The second kappa shape index (κ2) is 7.94. The highest BCUT2D eigenvalue weighted by molar-refractivity contribution is 8.26. The van der Waals surface area contributed by atoms with E-state index < -0.39 is 0 Å². The molecule has 1 N–H and O–H groups in total. The number of carbonyl (C=O) groups excluding carboxylic acids is 3. The number of Topliss-reactive ketones (excluding diaryl/α,β-unsaturated/α-hetero) is 1. The summed E-state index contributed by atoms with van der Waals surface area (Å²) in [5.74, 6) is -0.664. The maximum absolute atomic E-state index is 12.5. The summed E-state index contributed by atoms with van der Waals surface area (Å²) in [5, 5.41) is 4.63. The van der Waals surface area contributed by atoms with Crippen LogP contribution in [-0.4, -0.2) is 33.4 Å². The number of hydrogen-bond donors (Lipinski definition) is 1. The molecule has 0 bridgehead atoms. The molecule has 1 fully saturated rings. The molecule has 1 saturated heterocycles. The van der Waals surface area contributed by atoms with Crippen LogP contribution in [0.2, 0.25) is 0 Å². The number of nitrogens with one attached hydrogen (secondary N) is 1. The first-order valence-corrected chi connectivity index (χ1v) is 9.74. The number of benzene rings is 1. The molecule has 0 saturated carbocycles. The van der Waals surface area contributed by atoms with Crippen LogP contribution in [-0.2, 0) is 9.59 Å². The van der Waals surface area contributed by atoms with Crippen molar-refractivity contribution < 1.29 is 14.4 Å². The minimum atomic E-state index is -0.353. The maximum Gasteiger partial charge on any atom is 0.266 e. The van der Waals surface area contributed by atoms with Gasteiger partial charge in [0.15, 0.2) is 5.78 Å². The van der Waals surface area contributed by atoms with Gasteiger partial charge in [-0.2, -0.15) is 0 Å². The van der Waals surface area contributed by atoms with Crippen LogP contribution in [0.5, 0.6) is 0 Å². The first-order chi connectivity index (χ1) is 12.4. The van der Waals surface area contributed by atoms with Crippen LogP contribution in [0.25, 0.3) is 6.08 Å². The third-order valence-electron chi connectivity index (χ3n) is 3.57. The SMILES string of the molecule is CC(=O)c1ccc(NC(=O)CN2C(=O)C(=Cc3cccs3)SC2=S)cc1. The minimum Gasteiger partial charge on any atom is -0.325 e. The molecule has 0 unspecified atom stereocenters. The van der Waals surface area contributed by atoms with Crippen molar-refractivity contribution in [3.63, 3.8) is 0 Å². The van der Waals surface area contributed by atoms with Crippen LogP contribution in [0.15, 0.2) is 46.7 Å². The van der Waals surface area contributed by atoms with Gasteiger partial charge in [0, 0.05) is 16.1 Å². The van der Waals surface area contributed by atoms with Gasteiger partial charge in [-0.15, -0.1) is 11.3 Å². The second-order valence-corrected chi connectivity index (χ2v) is 8.12. The molecule has 26 heavy (non-hydrogen) atoms. The Labute approximate surface area is 164 Å². The van der Waals surface area contributed by atoms with Crippen molar-refractivity contribution in [2.24, 2.45) is 0 Å². The molecule has 0 atom stereocenters. The number of hydrogen-bond acceptors (Lipinski definition) is 6. The fraction of sp³-hybridized carbons (Fsp3) is 0.111. The van der Waals surface area contributed by atoms with Crippen molar-refractivity contribution in [3.05, 3.63) is 57.1 Å². The van der Waals surface area contributed by atoms with E-state index in [1.165, 1.54) is 34.9 Å². The predicted octanol–water partition coefficient (Wildman–Crippen LogP) is 3.79. The number of amides is 2. The summed E-state index contributed by atoms with van der Waals surface area (Å²) in [4.78, 5) is 38.8. The maximum atomic E-state index is 12.5. The van der Waals surface area contributed by atoms with Gasteiger partial charge >= 0.3 is 0 Å². The summed E-state index contributed by atoms with van der Waals surface area (Å²) in [5.41, 5.74) is 1.12. The summed E-state index contributed by atoms with van der Waals surface area (Å²) >= 11 is 7.95. The quantitative estimate of drug-likeness (QED) is 0.468. The van der Waals surface area contributed by atoms with Crippen molar-refractivity contribution in [1.29, 1.82) is 0 Å². The second-order valence-electron chi connectivity index (χ2n) is 5.46. The average Bonchev–Trinajstić information content (AvgIpc) is 3.20. The van der Waals surface area contributed by atoms with E-state index in [9.17, 15) is 14.4 Å². The zero-order valence-electron chi connectivity index (χ0n) is 13.7. The molecule has 8 heteroatoms. The van der Waals surface area contributed by atoms with Crippen molar-refractivity contribution in [1.82, 2.24) is 4.90 Å². The topological polar surface area (TPSA) is 66.5 Å². The molecule has 5 nitrogen and oxygen atoms in total. The van der Waals surface area contributed by atoms with Crippen molar-refractivity contribution in [2.75, 3.05) is 11.9 Å². The van der Waals surface area contributed by atoms with E-state index in [0.29, 0.717) is 20.5 Å². The van der Waals surface area contributed by atoms with Gasteiger partial charge in [0.2, 0.25) is 5.91 Å². The molecule has 2 heterocycles. The van der Waals surface area contributed by atoms with Gasteiger partial charge in [0.05, 0.1) is 4.91 Å². The number of thiophene rings is 1. The smallest absolute Gasteiger partial charge is 0.266 e. The highest BCUT2D eigenvalue weighted by atomic mass is 32.2. The monoisotopic (exact) mass is 402 g/mol. The van der Waals surface area contributed by atoms with Crippen LogP contribution in [0, 0.1) is 0 Å². The molecular weight excluding hydrogens is 388 g/mol. The van der Waals surface area contributed by atoms with Gasteiger partial charge < -0.3 is 5.32 Å². The molecule has 3 rings (SSSR count). The first kappa shape index (κ1) is 18.5. The Morgan fingerprint density at radius 1 is 1.23 bits per heavy atom. The van der Waals surface area contributed by atoms with Crippen molar-refractivity contribution in [2.45, 2.75) is 6.92 Å². The zero-order chi connectivity index (χ0) is 18.7. The minimum absolute atomic E-state index is 0.0435. The summed E-state index contributed by atoms with van der Waals surface area (Å²) < 4.78 is 0.361. The molecule has 1 aromatic carbocycles. The lowest BCUT2D eigenvalue weighted by Gasteiger charge is -2.14. The first-order valence-electron chi connectivity index (χ1n) is 7.64. The van der Waals surface area contributed by atoms with E-state index in [4.69, 9.17) is 12.2 Å². The van der Waals surface area contributed by atoms with E-state index >= 15 is 0 Å². The molecule has 0 radical (unpaired) electrons. The number of thioether (sulfide) groups is 1. The lowest BCUT2D eigenvalue weighted by molar-refractivity contribution is -0.126. The van der Waals surface area contributed by atoms with Gasteiger partial charge in [0.25, 0.3) is 5.91 Å². The van der Waals surface area contributed by atoms with E-state index in [-0.39, 0.29) is 24.1 Å². The summed E-state index contributed by atoms with van der Waals surface area (Å²) in [7, 11) is 0. The number of thiocarbonyl (C=S) groups is 1. The number of carbonyl (C=O) groups is 3. The van der Waals surface area contributed by atoms with Gasteiger partial charge in [-0.1, -0.05) is 30.0 Å². The van der Waals surface area contributed by atoms with Crippen LogP contribution in [0.4, 0.5) is 5.69 Å². The highest BCUT2D eigenvalue weighted by Crippen LogP contribution is 2.33. The fourth-order valence-corrected chi connectivity index (χ4v) is 4.25. The van der Waals surface area contributed by atoms with Crippen molar-refractivity contribution in [3.8, 4) is 0 Å². The molecular formula is C18H14N2O3S3. The number of nitrogens with zero attached hydrogens (tertiary/aromatic N) is 1. The molecule has 1 aromatic heterocycles. The lowest BCUT2D eigenvalue weighted by Crippen LogP contribution is -2.36. The average molecular weight is 403 g/mol. The molecule has 2 amide bonds. The molecule has 132 valence electrons. The van der Waals surface area contributed by atoms with Crippen LogP contribution in [0.3, 0.4) is 0 Å². The third kappa shape index (κ3) is 4.27. The van der Waals surface area contributed by atoms with Crippen LogP contribution >= 0.6 is 35.3 Å². The Hall–Kier alpha value is -2.29. The molecule has 2 aromatic rings. The van der Waals surface area contributed by atoms with Crippen molar-refractivity contribution >= 4 is 69.0 Å². The summed E-state index contributed by atoms with van der Waals surface area (Å²) in [6.07, 6.45) is 1.78. The number of ketones is 1. The van der Waals surface area contributed by atoms with E-state index in [2.05, 4.69) is 5.32 Å². The van der Waals surface area contributed by atoms with Gasteiger partial charge in [-0.3, -0.25) is 19.3 Å². The Morgan fingerprint density at radius 3 is 2.58 bits per heavy atom. The van der Waals surface area contributed by atoms with Gasteiger partial charge in [-0.25, -0.2) is 0 Å².